The summed E-state index contributed by atoms with van der Waals surface area (Å²) in [5.41, 5.74) is 0.956. The van der Waals surface area contributed by atoms with Crippen LogP contribution >= 0.6 is 0 Å². The third-order valence-corrected chi connectivity index (χ3v) is 3.44. The molecule has 2 aromatic carbocycles. The minimum atomic E-state index is -0.176. The van der Waals surface area contributed by atoms with Crippen molar-refractivity contribution in [3.63, 3.8) is 0 Å². The normalized spacial score (nSPS) is 10.5. The van der Waals surface area contributed by atoms with E-state index in [1.165, 1.54) is 12.4 Å². The number of nitrogens with zero attached hydrogens (tertiary/aromatic N) is 2. The molecule has 28 heavy (non-hydrogen) atoms. The van der Waals surface area contributed by atoms with Crippen LogP contribution in [0, 0.1) is 0 Å². The first-order valence-corrected chi connectivity index (χ1v) is 8.52. The van der Waals surface area contributed by atoms with Crippen LogP contribution in [0.2, 0.25) is 0 Å². The quantitative estimate of drug-likeness (QED) is 0.287. The van der Waals surface area contributed by atoms with Gasteiger partial charge in [0.25, 0.3) is 0 Å². The van der Waals surface area contributed by atoms with Gasteiger partial charge in [-0.25, -0.2) is 0 Å². The van der Waals surface area contributed by atoms with Crippen LogP contribution in [-0.4, -0.2) is 38.7 Å². The fourth-order valence-corrected chi connectivity index (χ4v) is 2.25. The fourth-order valence-electron chi connectivity index (χ4n) is 2.25. The Morgan fingerprint density at radius 3 is 1.54 bits per heavy atom. The van der Waals surface area contributed by atoms with Gasteiger partial charge in [0.2, 0.25) is 0 Å². The van der Waals surface area contributed by atoms with Crippen molar-refractivity contribution in [2.24, 2.45) is 9.98 Å². The Balaban J connectivity index is 0.00000364. The van der Waals surface area contributed by atoms with Gasteiger partial charge >= 0.3 is 17.1 Å². The maximum absolute atomic E-state index is 12.1. The van der Waals surface area contributed by atoms with Gasteiger partial charge < -0.3 is 32.1 Å². The number of hydrogen-bond donors (Lipinski definition) is 0. The standard InChI is InChI=1S/C20H24N2O4.ClH.Mn/c1-3-25-17-9-5-7-15(19(17)23)13-21-11-12-22-14-16-8-6-10-18(20(16)24)26-4-2;;/h5-10,13-14,23-24H,3-4,11-12H2,1-2H3;1H;/q;;+3/p-3. The first-order chi connectivity index (χ1) is 12.7. The van der Waals surface area contributed by atoms with Crippen molar-refractivity contribution < 1.29 is 49.2 Å². The predicted octanol–water partition coefficient (Wildman–Crippen LogP) is -0.829. The van der Waals surface area contributed by atoms with E-state index in [0.717, 1.165) is 0 Å². The second-order valence-corrected chi connectivity index (χ2v) is 5.29. The van der Waals surface area contributed by atoms with E-state index in [1.54, 1.807) is 36.4 Å². The molecule has 0 N–H and O–H groups in total. The molecule has 150 valence electrons. The summed E-state index contributed by atoms with van der Waals surface area (Å²) in [7, 11) is 0. The van der Waals surface area contributed by atoms with Gasteiger partial charge in [-0.2, -0.15) is 0 Å². The van der Waals surface area contributed by atoms with E-state index in [4.69, 9.17) is 9.47 Å². The Hall–Kier alpha value is -2.21. The molecule has 0 saturated heterocycles. The molecule has 0 unspecified atom stereocenters. The summed E-state index contributed by atoms with van der Waals surface area (Å²) >= 11 is 0. The zero-order chi connectivity index (χ0) is 18.8. The minimum Gasteiger partial charge on any atom is -1.00 e. The molecule has 6 nitrogen and oxygen atoms in total. The van der Waals surface area contributed by atoms with Crippen LogP contribution in [0.25, 0.3) is 0 Å². The van der Waals surface area contributed by atoms with Gasteiger partial charge in [0.05, 0.1) is 26.3 Å². The van der Waals surface area contributed by atoms with Crippen LogP contribution in [0.5, 0.6) is 23.0 Å². The average Bonchev–Trinajstić information content (AvgIpc) is 2.64. The number of aliphatic imine (C=N–C) groups is 2. The number of para-hydroxylation sites is 2. The zero-order valence-electron chi connectivity index (χ0n) is 15.7. The van der Waals surface area contributed by atoms with Crippen molar-refractivity contribution in [2.45, 2.75) is 13.8 Å². The van der Waals surface area contributed by atoms with Crippen LogP contribution in [-0.2, 0) is 17.1 Å². The summed E-state index contributed by atoms with van der Waals surface area (Å²) in [6, 6.07) is 10.2. The molecule has 2 aromatic rings. The molecule has 0 amide bonds. The van der Waals surface area contributed by atoms with Gasteiger partial charge in [-0.15, -0.1) is 0 Å². The molecule has 0 saturated carbocycles. The summed E-state index contributed by atoms with van der Waals surface area (Å²) in [5.74, 6) is 0.300. The monoisotopic (exact) mass is 444 g/mol. The summed E-state index contributed by atoms with van der Waals surface area (Å²) in [5, 5.41) is 24.2. The largest absolute Gasteiger partial charge is 3.00 e. The van der Waals surface area contributed by atoms with Crippen molar-refractivity contribution >= 4 is 12.4 Å². The zero-order valence-corrected chi connectivity index (χ0v) is 17.7. The van der Waals surface area contributed by atoms with E-state index in [0.29, 0.717) is 48.9 Å². The van der Waals surface area contributed by atoms with Gasteiger partial charge in [0.1, 0.15) is 11.5 Å². The van der Waals surface area contributed by atoms with Crippen molar-refractivity contribution in [3.05, 3.63) is 47.5 Å². The van der Waals surface area contributed by atoms with Gasteiger partial charge in [0, 0.05) is 12.4 Å². The SMILES string of the molecule is CCOc1cccc(C=NCCN=Cc2cccc(OCC)c2[O-])c1[O-].[Cl-].[Mn+3]. The van der Waals surface area contributed by atoms with Crippen molar-refractivity contribution in [1.82, 2.24) is 0 Å². The molecule has 0 atom stereocenters. The first-order valence-electron chi connectivity index (χ1n) is 8.52. The number of hydrogen-bond acceptors (Lipinski definition) is 6. The van der Waals surface area contributed by atoms with E-state index in [-0.39, 0.29) is 41.0 Å². The minimum absolute atomic E-state index is 0. The van der Waals surface area contributed by atoms with Crippen LogP contribution in [0.3, 0.4) is 0 Å². The third-order valence-electron chi connectivity index (χ3n) is 3.44. The van der Waals surface area contributed by atoms with Crippen LogP contribution in [0.15, 0.2) is 46.4 Å². The summed E-state index contributed by atoms with van der Waals surface area (Å²) < 4.78 is 10.5. The Morgan fingerprint density at radius 1 is 0.786 bits per heavy atom. The molecule has 8 heteroatoms. The van der Waals surface area contributed by atoms with Crippen molar-refractivity contribution in [3.8, 4) is 23.0 Å². The van der Waals surface area contributed by atoms with E-state index in [1.807, 2.05) is 13.8 Å². The van der Waals surface area contributed by atoms with E-state index in [2.05, 4.69) is 9.98 Å². The molecule has 0 aromatic heterocycles. The number of halogens is 1. The fraction of sp³-hybridized carbons (Fsp3) is 0.300. The Labute approximate surface area is 182 Å². The summed E-state index contributed by atoms with van der Waals surface area (Å²) in [4.78, 5) is 8.41. The first kappa shape index (κ1) is 25.8. The maximum atomic E-state index is 12.1. The van der Waals surface area contributed by atoms with Gasteiger partial charge in [-0.3, -0.25) is 9.98 Å². The Bertz CT molecular complexity index is 719. The number of benzene rings is 2. The van der Waals surface area contributed by atoms with Gasteiger partial charge in [0.15, 0.2) is 0 Å². The van der Waals surface area contributed by atoms with E-state index >= 15 is 0 Å². The molecule has 0 aliphatic rings. The molecule has 0 bridgehead atoms. The van der Waals surface area contributed by atoms with E-state index < -0.39 is 0 Å². The summed E-state index contributed by atoms with van der Waals surface area (Å²) in [6.07, 6.45) is 3.05. The molecule has 0 aliphatic heterocycles. The molecule has 0 heterocycles. The number of rotatable bonds is 9. The van der Waals surface area contributed by atoms with Crippen LogP contribution in [0.1, 0.15) is 25.0 Å². The summed E-state index contributed by atoms with van der Waals surface area (Å²) in [6.45, 7) is 5.36. The molecule has 0 radical (unpaired) electrons. The second kappa shape index (κ2) is 13.9. The van der Waals surface area contributed by atoms with Gasteiger partial charge in [-0.1, -0.05) is 35.8 Å². The second-order valence-electron chi connectivity index (χ2n) is 5.29. The molecule has 0 aliphatic carbocycles. The topological polar surface area (TPSA) is 89.3 Å². The molecule has 0 spiro atoms. The van der Waals surface area contributed by atoms with Crippen molar-refractivity contribution in [2.75, 3.05) is 26.3 Å². The van der Waals surface area contributed by atoms with Gasteiger partial charge in [-0.05, 0) is 37.1 Å². The maximum Gasteiger partial charge on any atom is 3.00 e. The predicted molar refractivity (Wildman–Crippen MR) is 99.0 cm³/mol. The molecular weight excluding hydrogens is 423 g/mol. The Kier molecular flexibility index (Phi) is 12.8. The van der Waals surface area contributed by atoms with Crippen LogP contribution < -0.4 is 32.1 Å². The van der Waals surface area contributed by atoms with Crippen LogP contribution in [0.4, 0.5) is 0 Å². The third kappa shape index (κ3) is 7.43. The number of ether oxygens (including phenoxy) is 2. The average molecular weight is 445 g/mol. The molecular formula is C20H22ClMnN2O4. The Morgan fingerprint density at radius 2 is 1.18 bits per heavy atom. The molecule has 0 fully saturated rings. The van der Waals surface area contributed by atoms with E-state index in [9.17, 15) is 10.2 Å². The van der Waals surface area contributed by atoms with Crippen molar-refractivity contribution in [1.29, 1.82) is 0 Å². The molecule has 2 rings (SSSR count). The smallest absolute Gasteiger partial charge is 1.00 e.